The highest BCUT2D eigenvalue weighted by Crippen LogP contribution is 1.95. The Bertz CT molecular complexity index is 183. The number of morpholine rings is 1. The first-order chi connectivity index (χ1) is 5.18. The fourth-order valence-electron chi connectivity index (χ4n) is 0.781. The Morgan fingerprint density at radius 2 is 2.55 bits per heavy atom. The van der Waals surface area contributed by atoms with Gasteiger partial charge in [-0.2, -0.15) is 0 Å². The third kappa shape index (κ3) is 2.69. The molecule has 0 aromatic carbocycles. The lowest BCUT2D eigenvalue weighted by atomic mass is 10.5. The molecule has 1 amide bonds. The van der Waals surface area contributed by atoms with Crippen LogP contribution in [0.3, 0.4) is 0 Å². The maximum Gasteiger partial charge on any atom is 0.419 e. The maximum absolute atomic E-state index is 10.1. The lowest BCUT2D eigenvalue weighted by Gasteiger charge is -2.26. The van der Waals surface area contributed by atoms with Gasteiger partial charge in [-0.15, -0.1) is 0 Å². The number of nitrogens with one attached hydrogen (secondary N) is 1. The van der Waals surface area contributed by atoms with Crippen LogP contribution >= 0.6 is 12.2 Å². The zero-order valence-corrected chi connectivity index (χ0v) is 6.56. The summed E-state index contributed by atoms with van der Waals surface area (Å²) >= 11 is 4.74. The van der Waals surface area contributed by atoms with Gasteiger partial charge in [0.05, 0.1) is 13.1 Å². The van der Waals surface area contributed by atoms with Gasteiger partial charge in [-0.3, -0.25) is 5.43 Å². The lowest BCUT2D eigenvalue weighted by Crippen LogP contribution is -2.49. The Kier molecular flexibility index (Phi) is 2.61. The number of hydrogen-bond donors (Lipinski definition) is 2. The standard InChI is InChI=1S/C5H8N2O3S/c8-5(9)6-7-1-2-10-4(11)3-7/h6H,1-3H2,(H,8,9). The summed E-state index contributed by atoms with van der Waals surface area (Å²) in [4.78, 5) is 10.1. The van der Waals surface area contributed by atoms with Crippen LogP contribution in [0.15, 0.2) is 0 Å². The highest BCUT2D eigenvalue weighted by atomic mass is 32.1. The van der Waals surface area contributed by atoms with E-state index in [1.807, 2.05) is 0 Å². The molecule has 1 fully saturated rings. The normalized spacial score (nSPS) is 19.1. The van der Waals surface area contributed by atoms with Crippen molar-refractivity contribution >= 4 is 23.4 Å². The summed E-state index contributed by atoms with van der Waals surface area (Å²) in [6.07, 6.45) is -1.07. The summed E-state index contributed by atoms with van der Waals surface area (Å²) in [6.45, 7) is 1.33. The van der Waals surface area contributed by atoms with Crippen LogP contribution in [0.4, 0.5) is 4.79 Å². The number of thiocarbonyl (C=S) groups is 1. The molecule has 0 bridgehead atoms. The molecule has 0 aromatic heterocycles. The molecule has 2 N–H and O–H groups in total. The van der Waals surface area contributed by atoms with Crippen LogP contribution in [-0.4, -0.2) is 41.0 Å². The summed E-state index contributed by atoms with van der Waals surface area (Å²) in [6, 6.07) is 0. The van der Waals surface area contributed by atoms with E-state index in [1.165, 1.54) is 5.01 Å². The van der Waals surface area contributed by atoms with Crippen molar-refractivity contribution in [3.63, 3.8) is 0 Å². The molecule has 6 heteroatoms. The van der Waals surface area contributed by atoms with Gasteiger partial charge >= 0.3 is 6.09 Å². The van der Waals surface area contributed by atoms with E-state index in [0.29, 0.717) is 24.7 Å². The Hall–Kier alpha value is -0.880. The smallest absolute Gasteiger partial charge is 0.419 e. The minimum atomic E-state index is -1.07. The Balaban J connectivity index is 2.34. The van der Waals surface area contributed by atoms with E-state index in [0.717, 1.165) is 0 Å². The van der Waals surface area contributed by atoms with Crippen LogP contribution in [0.25, 0.3) is 0 Å². The number of nitrogens with zero attached hydrogens (tertiary/aromatic N) is 1. The van der Waals surface area contributed by atoms with Gasteiger partial charge in [-0.1, -0.05) is 0 Å². The number of carboxylic acid groups (broad SMARTS) is 1. The van der Waals surface area contributed by atoms with Gasteiger partial charge < -0.3 is 9.84 Å². The molecule has 11 heavy (non-hydrogen) atoms. The number of rotatable bonds is 1. The van der Waals surface area contributed by atoms with Gasteiger partial charge in [0.15, 0.2) is 5.05 Å². The summed E-state index contributed by atoms with van der Waals surface area (Å²) in [5.41, 5.74) is 2.19. The molecule has 62 valence electrons. The zero-order chi connectivity index (χ0) is 8.27. The topological polar surface area (TPSA) is 61.8 Å². The van der Waals surface area contributed by atoms with Gasteiger partial charge in [0, 0.05) is 0 Å². The third-order valence-electron chi connectivity index (χ3n) is 1.20. The van der Waals surface area contributed by atoms with E-state index >= 15 is 0 Å². The molecule has 1 aliphatic heterocycles. The summed E-state index contributed by atoms with van der Waals surface area (Å²) in [5, 5.41) is 10.2. The highest BCUT2D eigenvalue weighted by Gasteiger charge is 2.15. The first-order valence-electron chi connectivity index (χ1n) is 3.08. The molecule has 5 nitrogen and oxygen atoms in total. The average molecular weight is 176 g/mol. The van der Waals surface area contributed by atoms with E-state index in [9.17, 15) is 4.79 Å². The van der Waals surface area contributed by atoms with E-state index in [-0.39, 0.29) is 0 Å². The Labute approximate surface area is 68.9 Å². The molecule has 0 spiro atoms. The third-order valence-corrected chi connectivity index (χ3v) is 1.44. The monoisotopic (exact) mass is 176 g/mol. The van der Waals surface area contributed by atoms with Crippen molar-refractivity contribution < 1.29 is 14.6 Å². The van der Waals surface area contributed by atoms with Crippen molar-refractivity contribution in [2.24, 2.45) is 0 Å². The van der Waals surface area contributed by atoms with Gasteiger partial charge in [-0.05, 0) is 12.2 Å². The SMILES string of the molecule is O=C(O)NN1CCOC(=S)C1. The molecule has 1 aliphatic rings. The first-order valence-corrected chi connectivity index (χ1v) is 3.49. The second-order valence-corrected chi connectivity index (χ2v) is 2.51. The molecule has 0 aliphatic carbocycles. The molecular formula is C5H8N2O3S. The lowest BCUT2D eigenvalue weighted by molar-refractivity contribution is 0.110. The van der Waals surface area contributed by atoms with E-state index in [2.05, 4.69) is 5.43 Å². The van der Waals surface area contributed by atoms with Crippen LogP contribution in [0, 0.1) is 0 Å². The first kappa shape index (κ1) is 8.22. The Morgan fingerprint density at radius 3 is 3.09 bits per heavy atom. The molecule has 1 heterocycles. The van der Waals surface area contributed by atoms with Gasteiger partial charge in [0.25, 0.3) is 0 Å². The number of ether oxygens (including phenoxy) is 1. The minimum Gasteiger partial charge on any atom is -0.484 e. The number of hydrogen-bond acceptors (Lipinski definition) is 4. The zero-order valence-electron chi connectivity index (χ0n) is 5.74. The molecule has 0 radical (unpaired) electrons. The molecular weight excluding hydrogens is 168 g/mol. The second-order valence-electron chi connectivity index (χ2n) is 2.06. The highest BCUT2D eigenvalue weighted by molar-refractivity contribution is 7.80. The van der Waals surface area contributed by atoms with Crippen LogP contribution < -0.4 is 5.43 Å². The number of carbonyl (C=O) groups is 1. The minimum absolute atomic E-state index is 0.349. The summed E-state index contributed by atoms with van der Waals surface area (Å²) in [5.74, 6) is 0. The average Bonchev–Trinajstić information content (AvgIpc) is 1.85. The largest absolute Gasteiger partial charge is 0.484 e. The fourth-order valence-corrected chi connectivity index (χ4v) is 1.02. The van der Waals surface area contributed by atoms with E-state index < -0.39 is 6.09 Å². The summed E-state index contributed by atoms with van der Waals surface area (Å²) in [7, 11) is 0. The predicted molar refractivity (Wildman–Crippen MR) is 41.3 cm³/mol. The number of amides is 1. The fraction of sp³-hybridized carbons (Fsp3) is 0.600. The molecule has 1 saturated heterocycles. The van der Waals surface area contributed by atoms with Gasteiger partial charge in [0.1, 0.15) is 6.61 Å². The van der Waals surface area contributed by atoms with Crippen molar-refractivity contribution in [3.8, 4) is 0 Å². The van der Waals surface area contributed by atoms with Crippen LogP contribution in [0.2, 0.25) is 0 Å². The quantitative estimate of drug-likeness (QED) is 0.543. The molecule has 0 saturated carbocycles. The predicted octanol–water partition coefficient (Wildman–Crippen LogP) is -0.171. The van der Waals surface area contributed by atoms with E-state index in [4.69, 9.17) is 22.1 Å². The van der Waals surface area contributed by atoms with Crippen LogP contribution in [0.5, 0.6) is 0 Å². The van der Waals surface area contributed by atoms with Crippen LogP contribution in [-0.2, 0) is 4.74 Å². The van der Waals surface area contributed by atoms with Gasteiger partial charge in [0.2, 0.25) is 0 Å². The van der Waals surface area contributed by atoms with Crippen molar-refractivity contribution in [1.29, 1.82) is 0 Å². The molecule has 0 atom stereocenters. The summed E-state index contributed by atoms with van der Waals surface area (Å²) < 4.78 is 4.95. The van der Waals surface area contributed by atoms with Crippen molar-refractivity contribution in [3.05, 3.63) is 0 Å². The molecule has 0 unspecified atom stereocenters. The van der Waals surface area contributed by atoms with Crippen molar-refractivity contribution in [2.45, 2.75) is 0 Å². The van der Waals surface area contributed by atoms with E-state index in [1.54, 1.807) is 0 Å². The van der Waals surface area contributed by atoms with Crippen molar-refractivity contribution in [2.75, 3.05) is 19.7 Å². The Morgan fingerprint density at radius 1 is 1.82 bits per heavy atom. The van der Waals surface area contributed by atoms with Crippen LogP contribution in [0.1, 0.15) is 0 Å². The second kappa shape index (κ2) is 3.49. The molecule has 1 rings (SSSR count). The number of hydrazine groups is 1. The van der Waals surface area contributed by atoms with Gasteiger partial charge in [-0.25, -0.2) is 9.80 Å². The molecule has 0 aromatic rings. The maximum atomic E-state index is 10.1. The van der Waals surface area contributed by atoms with Crippen molar-refractivity contribution in [1.82, 2.24) is 10.4 Å².